The van der Waals surface area contributed by atoms with Gasteiger partial charge in [0.15, 0.2) is 0 Å². The zero-order valence-electron chi connectivity index (χ0n) is 14.3. The van der Waals surface area contributed by atoms with Crippen LogP contribution in [-0.4, -0.2) is 46.8 Å². The fourth-order valence-electron chi connectivity index (χ4n) is 2.53. The van der Waals surface area contributed by atoms with Crippen LogP contribution in [0.4, 0.5) is 0 Å². The molecule has 6 heteroatoms. The van der Waals surface area contributed by atoms with Crippen molar-refractivity contribution in [2.75, 3.05) is 27.2 Å². The molecule has 2 rings (SSSR count). The number of likely N-dealkylation sites (N-methyl/N-ethyl adjacent to an activating group) is 2. The van der Waals surface area contributed by atoms with Crippen molar-refractivity contribution in [1.29, 1.82) is 0 Å². The Labute approximate surface area is 137 Å². The molecule has 2 aromatic rings. The average Bonchev–Trinajstić information content (AvgIpc) is 2.99. The predicted molar refractivity (Wildman–Crippen MR) is 93.5 cm³/mol. The van der Waals surface area contributed by atoms with Crippen LogP contribution in [-0.2, 0) is 13.1 Å². The number of aromatic nitrogens is 3. The summed E-state index contributed by atoms with van der Waals surface area (Å²) in [4.78, 5) is 14.5. The van der Waals surface area contributed by atoms with Gasteiger partial charge in [0.2, 0.25) is 0 Å². The average molecular weight is 317 g/mol. The van der Waals surface area contributed by atoms with Crippen molar-refractivity contribution in [3.63, 3.8) is 0 Å². The summed E-state index contributed by atoms with van der Waals surface area (Å²) in [5, 5.41) is 10.3. The first-order chi connectivity index (χ1) is 11.2. The van der Waals surface area contributed by atoms with E-state index < -0.39 is 0 Å². The molecule has 0 amide bonds. The number of unbranched alkanes of at least 4 members (excludes halogenated alkanes) is 1. The third kappa shape index (κ3) is 4.77. The Bertz CT molecular complexity index is 661. The summed E-state index contributed by atoms with van der Waals surface area (Å²) < 4.78 is 1.77. The molecule has 0 aliphatic rings. The molecule has 0 aliphatic carbocycles. The maximum atomic E-state index is 12.2. The number of hydrogen-bond donors (Lipinski definition) is 2. The third-order valence-electron chi connectivity index (χ3n) is 3.94. The summed E-state index contributed by atoms with van der Waals surface area (Å²) in [7, 11) is 4.03. The number of aromatic amines is 1. The van der Waals surface area contributed by atoms with Crippen LogP contribution in [0.1, 0.15) is 25.3 Å². The van der Waals surface area contributed by atoms with Gasteiger partial charge in [-0.15, -0.1) is 0 Å². The van der Waals surface area contributed by atoms with E-state index in [0.717, 1.165) is 55.8 Å². The standard InChI is InChI=1S/C17H27N5O/c1-4-5-8-22-9-6-14(11-16(22)23)17-15(12-19-20-17)13-21(3)10-7-18-2/h6,9,11-12,18H,4-5,7-8,10,13H2,1-3H3,(H,19,20). The van der Waals surface area contributed by atoms with E-state index in [-0.39, 0.29) is 5.56 Å². The van der Waals surface area contributed by atoms with Gasteiger partial charge in [0, 0.05) is 49.6 Å². The lowest BCUT2D eigenvalue weighted by Crippen LogP contribution is -2.27. The van der Waals surface area contributed by atoms with Gasteiger partial charge in [-0.3, -0.25) is 9.89 Å². The molecule has 0 fully saturated rings. The highest BCUT2D eigenvalue weighted by atomic mass is 16.1. The molecule has 2 N–H and O–H groups in total. The van der Waals surface area contributed by atoms with Gasteiger partial charge in [0.1, 0.15) is 0 Å². The smallest absolute Gasteiger partial charge is 0.251 e. The third-order valence-corrected chi connectivity index (χ3v) is 3.94. The van der Waals surface area contributed by atoms with Gasteiger partial charge < -0.3 is 14.8 Å². The second-order valence-electron chi connectivity index (χ2n) is 5.91. The Kier molecular flexibility index (Phi) is 6.55. The van der Waals surface area contributed by atoms with Crippen LogP contribution in [0.2, 0.25) is 0 Å². The largest absolute Gasteiger partial charge is 0.318 e. The zero-order valence-corrected chi connectivity index (χ0v) is 14.3. The predicted octanol–water partition coefficient (Wildman–Crippen LogP) is 1.69. The van der Waals surface area contributed by atoms with E-state index in [1.807, 2.05) is 25.5 Å². The molecule has 0 aliphatic heterocycles. The molecule has 0 atom stereocenters. The van der Waals surface area contributed by atoms with Crippen molar-refractivity contribution < 1.29 is 0 Å². The van der Waals surface area contributed by atoms with Crippen LogP contribution in [0.15, 0.2) is 29.3 Å². The summed E-state index contributed by atoms with van der Waals surface area (Å²) in [5.74, 6) is 0. The number of pyridine rings is 1. The summed E-state index contributed by atoms with van der Waals surface area (Å²) in [6.45, 7) is 5.60. The van der Waals surface area contributed by atoms with Crippen molar-refractivity contribution in [2.45, 2.75) is 32.9 Å². The van der Waals surface area contributed by atoms with Crippen LogP contribution >= 0.6 is 0 Å². The molecule has 2 aromatic heterocycles. The van der Waals surface area contributed by atoms with E-state index in [1.54, 1.807) is 10.6 Å². The lowest BCUT2D eigenvalue weighted by Gasteiger charge is -2.16. The van der Waals surface area contributed by atoms with E-state index in [0.29, 0.717) is 0 Å². The molecule has 23 heavy (non-hydrogen) atoms. The molecule has 0 unspecified atom stereocenters. The zero-order chi connectivity index (χ0) is 16.7. The van der Waals surface area contributed by atoms with Crippen LogP contribution in [0.25, 0.3) is 11.3 Å². The van der Waals surface area contributed by atoms with Crippen LogP contribution in [0.5, 0.6) is 0 Å². The minimum atomic E-state index is 0.0417. The topological polar surface area (TPSA) is 66.0 Å². The number of hydrogen-bond acceptors (Lipinski definition) is 4. The van der Waals surface area contributed by atoms with E-state index in [9.17, 15) is 4.79 Å². The number of aryl methyl sites for hydroxylation is 1. The minimum absolute atomic E-state index is 0.0417. The lowest BCUT2D eigenvalue weighted by atomic mass is 10.1. The quantitative estimate of drug-likeness (QED) is 0.739. The Morgan fingerprint density at radius 3 is 2.96 bits per heavy atom. The summed E-state index contributed by atoms with van der Waals surface area (Å²) in [6, 6.07) is 3.68. The van der Waals surface area contributed by atoms with Gasteiger partial charge in [-0.1, -0.05) is 13.3 Å². The first kappa shape index (κ1) is 17.4. The van der Waals surface area contributed by atoms with E-state index >= 15 is 0 Å². The minimum Gasteiger partial charge on any atom is -0.318 e. The summed E-state index contributed by atoms with van der Waals surface area (Å²) in [5.41, 5.74) is 2.98. The van der Waals surface area contributed by atoms with Crippen LogP contribution in [0.3, 0.4) is 0 Å². The van der Waals surface area contributed by atoms with Crippen LogP contribution in [0, 0.1) is 0 Å². The van der Waals surface area contributed by atoms with Crippen molar-refractivity contribution in [3.8, 4) is 11.3 Å². The number of nitrogens with zero attached hydrogens (tertiary/aromatic N) is 3. The molecule has 6 nitrogen and oxygen atoms in total. The van der Waals surface area contributed by atoms with Crippen molar-refractivity contribution >= 4 is 0 Å². The van der Waals surface area contributed by atoms with Gasteiger partial charge in [-0.05, 0) is 26.6 Å². The number of H-pyrrole nitrogens is 1. The SMILES string of the molecule is CCCCn1ccc(-c2[nH]ncc2CN(C)CCNC)cc1=O. The van der Waals surface area contributed by atoms with Crippen molar-refractivity contribution in [3.05, 3.63) is 40.4 Å². The molecule has 0 radical (unpaired) electrons. The number of nitrogens with one attached hydrogen (secondary N) is 2. The summed E-state index contributed by atoms with van der Waals surface area (Å²) >= 11 is 0. The highest BCUT2D eigenvalue weighted by Gasteiger charge is 2.11. The van der Waals surface area contributed by atoms with E-state index in [2.05, 4.69) is 34.4 Å². The van der Waals surface area contributed by atoms with Crippen molar-refractivity contribution in [1.82, 2.24) is 25.0 Å². The van der Waals surface area contributed by atoms with Gasteiger partial charge in [-0.2, -0.15) is 5.10 Å². The Morgan fingerprint density at radius 1 is 1.43 bits per heavy atom. The van der Waals surface area contributed by atoms with Gasteiger partial charge in [-0.25, -0.2) is 0 Å². The van der Waals surface area contributed by atoms with E-state index in [4.69, 9.17) is 0 Å². The highest BCUT2D eigenvalue weighted by molar-refractivity contribution is 5.61. The molecular weight excluding hydrogens is 290 g/mol. The number of rotatable bonds is 9. The maximum Gasteiger partial charge on any atom is 0.251 e. The highest BCUT2D eigenvalue weighted by Crippen LogP contribution is 2.20. The van der Waals surface area contributed by atoms with Gasteiger partial charge >= 0.3 is 0 Å². The molecule has 126 valence electrons. The molecule has 0 saturated carbocycles. The molecule has 0 bridgehead atoms. The second kappa shape index (κ2) is 8.64. The fraction of sp³-hybridized carbons (Fsp3) is 0.529. The molecular formula is C17H27N5O. The second-order valence-corrected chi connectivity index (χ2v) is 5.91. The van der Waals surface area contributed by atoms with Gasteiger partial charge in [0.25, 0.3) is 5.56 Å². The normalized spacial score (nSPS) is 11.3. The molecule has 0 spiro atoms. The molecule has 0 aromatic carbocycles. The van der Waals surface area contributed by atoms with E-state index in [1.165, 1.54) is 0 Å². The molecule has 2 heterocycles. The maximum absolute atomic E-state index is 12.2. The Morgan fingerprint density at radius 2 is 2.26 bits per heavy atom. The molecule has 0 saturated heterocycles. The van der Waals surface area contributed by atoms with Crippen molar-refractivity contribution in [2.24, 2.45) is 0 Å². The Hall–Kier alpha value is -1.92. The fourth-order valence-corrected chi connectivity index (χ4v) is 2.53. The Balaban J connectivity index is 2.15. The first-order valence-corrected chi connectivity index (χ1v) is 8.22. The first-order valence-electron chi connectivity index (χ1n) is 8.22. The summed E-state index contributed by atoms with van der Waals surface area (Å²) in [6.07, 6.45) is 5.82. The van der Waals surface area contributed by atoms with Crippen LogP contribution < -0.4 is 10.9 Å². The van der Waals surface area contributed by atoms with Gasteiger partial charge in [0.05, 0.1) is 11.9 Å². The monoisotopic (exact) mass is 317 g/mol. The lowest BCUT2D eigenvalue weighted by molar-refractivity contribution is 0.328.